The fourth-order valence-corrected chi connectivity index (χ4v) is 3.18. The van der Waals surface area contributed by atoms with Gasteiger partial charge in [-0.3, -0.25) is 9.36 Å². The monoisotopic (exact) mass is 370 g/mol. The topological polar surface area (TPSA) is 25.2 Å². The Labute approximate surface area is 144 Å². The van der Waals surface area contributed by atoms with Gasteiger partial charge in [-0.2, -0.15) is 0 Å². The number of nitrogens with zero attached hydrogens (tertiary/aromatic N) is 2. The Hall–Kier alpha value is -1.91. The minimum atomic E-state index is -0.00946. The lowest BCUT2D eigenvalue weighted by Gasteiger charge is -2.08. The van der Waals surface area contributed by atoms with Crippen LogP contribution in [0.25, 0.3) is 10.9 Å². The van der Waals surface area contributed by atoms with Crippen LogP contribution in [0.5, 0.6) is 0 Å². The molecule has 1 heterocycles. The van der Waals surface area contributed by atoms with Crippen molar-refractivity contribution in [2.75, 3.05) is 20.6 Å². The molecule has 118 valence electrons. The molecule has 0 atom stereocenters. The van der Waals surface area contributed by atoms with Gasteiger partial charge in [0.1, 0.15) is 0 Å². The van der Waals surface area contributed by atoms with Crippen LogP contribution in [-0.2, 0) is 6.42 Å². The predicted octanol–water partition coefficient (Wildman–Crippen LogP) is 4.20. The lowest BCUT2D eigenvalue weighted by atomic mass is 10.1. The second-order valence-electron chi connectivity index (χ2n) is 5.88. The SMILES string of the molecule is CN(C)CCc1cn(C(=O)c2ccccc2Br)c2ccccc12. The van der Waals surface area contributed by atoms with Gasteiger partial charge in [-0.25, -0.2) is 0 Å². The summed E-state index contributed by atoms with van der Waals surface area (Å²) in [6.45, 7) is 0.956. The Bertz CT molecular complexity index is 851. The summed E-state index contributed by atoms with van der Waals surface area (Å²) in [6.07, 6.45) is 2.90. The molecule has 0 aliphatic heterocycles. The molecule has 4 heteroatoms. The van der Waals surface area contributed by atoms with E-state index in [1.807, 2.05) is 48.7 Å². The molecular formula is C19H19BrN2O. The van der Waals surface area contributed by atoms with Crippen molar-refractivity contribution in [3.05, 3.63) is 70.3 Å². The smallest absolute Gasteiger partial charge is 0.263 e. The van der Waals surface area contributed by atoms with Gasteiger partial charge in [-0.1, -0.05) is 30.3 Å². The highest BCUT2D eigenvalue weighted by Crippen LogP contribution is 2.25. The summed E-state index contributed by atoms with van der Waals surface area (Å²) in [5.74, 6) is -0.00946. The van der Waals surface area contributed by atoms with Crippen molar-refractivity contribution >= 4 is 32.7 Å². The average Bonchev–Trinajstić information content (AvgIpc) is 2.92. The van der Waals surface area contributed by atoms with Gasteiger partial charge in [-0.05, 0) is 60.2 Å². The number of carbonyl (C=O) groups is 1. The van der Waals surface area contributed by atoms with E-state index in [4.69, 9.17) is 0 Å². The summed E-state index contributed by atoms with van der Waals surface area (Å²) in [6, 6.07) is 15.6. The van der Waals surface area contributed by atoms with Gasteiger partial charge >= 0.3 is 0 Å². The molecule has 0 radical (unpaired) electrons. The molecule has 23 heavy (non-hydrogen) atoms. The first kappa shape index (κ1) is 16.0. The predicted molar refractivity (Wildman–Crippen MR) is 98.1 cm³/mol. The van der Waals surface area contributed by atoms with E-state index in [1.54, 1.807) is 4.57 Å². The van der Waals surface area contributed by atoms with E-state index in [0.29, 0.717) is 5.56 Å². The number of hydrogen-bond donors (Lipinski definition) is 0. The van der Waals surface area contributed by atoms with Crippen LogP contribution in [-0.4, -0.2) is 36.0 Å². The maximum Gasteiger partial charge on any atom is 0.263 e. The molecular weight excluding hydrogens is 352 g/mol. The third kappa shape index (κ3) is 3.23. The summed E-state index contributed by atoms with van der Waals surface area (Å²) in [7, 11) is 4.12. The van der Waals surface area contributed by atoms with Crippen molar-refractivity contribution in [1.29, 1.82) is 0 Å². The number of likely N-dealkylation sites (N-methyl/N-ethyl adjacent to an activating group) is 1. The molecule has 0 saturated carbocycles. The van der Waals surface area contributed by atoms with E-state index in [2.05, 4.69) is 41.0 Å². The third-order valence-electron chi connectivity index (χ3n) is 3.95. The number of fused-ring (bicyclic) bond motifs is 1. The van der Waals surface area contributed by atoms with Crippen molar-refractivity contribution < 1.29 is 4.79 Å². The largest absolute Gasteiger partial charge is 0.309 e. The van der Waals surface area contributed by atoms with Crippen LogP contribution in [0.1, 0.15) is 15.9 Å². The molecule has 0 aliphatic carbocycles. The minimum Gasteiger partial charge on any atom is -0.309 e. The van der Waals surface area contributed by atoms with Crippen LogP contribution in [0, 0.1) is 0 Å². The van der Waals surface area contributed by atoms with Crippen molar-refractivity contribution in [2.24, 2.45) is 0 Å². The summed E-state index contributed by atoms with van der Waals surface area (Å²) in [5, 5.41) is 1.15. The first-order chi connectivity index (χ1) is 11.1. The van der Waals surface area contributed by atoms with E-state index in [9.17, 15) is 4.79 Å². The van der Waals surface area contributed by atoms with Gasteiger partial charge in [0, 0.05) is 22.6 Å². The Morgan fingerprint density at radius 3 is 2.52 bits per heavy atom. The van der Waals surface area contributed by atoms with Gasteiger partial charge in [0.15, 0.2) is 0 Å². The number of aromatic nitrogens is 1. The van der Waals surface area contributed by atoms with Crippen LogP contribution >= 0.6 is 15.9 Å². The quantitative estimate of drug-likeness (QED) is 0.687. The first-order valence-corrected chi connectivity index (χ1v) is 8.40. The van der Waals surface area contributed by atoms with Crippen LogP contribution in [0.3, 0.4) is 0 Å². The van der Waals surface area contributed by atoms with Gasteiger partial charge in [0.25, 0.3) is 5.91 Å². The second-order valence-corrected chi connectivity index (χ2v) is 6.73. The number of rotatable bonds is 4. The zero-order valence-electron chi connectivity index (χ0n) is 13.3. The highest BCUT2D eigenvalue weighted by Gasteiger charge is 2.16. The lowest BCUT2D eigenvalue weighted by Crippen LogP contribution is -2.15. The van der Waals surface area contributed by atoms with Gasteiger partial charge in [0.05, 0.1) is 11.1 Å². The zero-order valence-corrected chi connectivity index (χ0v) is 14.9. The molecule has 0 saturated heterocycles. The van der Waals surface area contributed by atoms with Crippen LogP contribution in [0.15, 0.2) is 59.2 Å². The van der Waals surface area contributed by atoms with E-state index >= 15 is 0 Å². The summed E-state index contributed by atoms with van der Waals surface area (Å²) in [5.41, 5.74) is 2.84. The average molecular weight is 371 g/mol. The Kier molecular flexibility index (Phi) is 4.64. The summed E-state index contributed by atoms with van der Waals surface area (Å²) < 4.78 is 2.58. The van der Waals surface area contributed by atoms with E-state index in [0.717, 1.165) is 28.3 Å². The molecule has 0 bridgehead atoms. The standard InChI is InChI=1S/C19H19BrN2O/c1-21(2)12-11-14-13-22(18-10-6-4-7-15(14)18)19(23)16-8-3-5-9-17(16)20/h3-10,13H,11-12H2,1-2H3. The molecule has 0 unspecified atom stereocenters. The van der Waals surface area contributed by atoms with Crippen LogP contribution < -0.4 is 0 Å². The van der Waals surface area contributed by atoms with Crippen molar-refractivity contribution in [1.82, 2.24) is 9.47 Å². The molecule has 0 aliphatic rings. The van der Waals surface area contributed by atoms with E-state index < -0.39 is 0 Å². The second kappa shape index (κ2) is 6.69. The molecule has 0 amide bonds. The Morgan fingerprint density at radius 1 is 1.09 bits per heavy atom. The maximum atomic E-state index is 13.0. The Morgan fingerprint density at radius 2 is 1.78 bits per heavy atom. The Balaban J connectivity index is 2.07. The zero-order chi connectivity index (χ0) is 16.4. The number of carbonyl (C=O) groups excluding carboxylic acids is 1. The number of halogens is 1. The van der Waals surface area contributed by atoms with Crippen molar-refractivity contribution in [3.63, 3.8) is 0 Å². The molecule has 3 rings (SSSR count). The van der Waals surface area contributed by atoms with Crippen molar-refractivity contribution in [3.8, 4) is 0 Å². The number of para-hydroxylation sites is 1. The number of hydrogen-bond acceptors (Lipinski definition) is 2. The molecule has 0 N–H and O–H groups in total. The van der Waals surface area contributed by atoms with Crippen LogP contribution in [0.4, 0.5) is 0 Å². The molecule has 3 aromatic rings. The first-order valence-electron chi connectivity index (χ1n) is 7.61. The summed E-state index contributed by atoms with van der Waals surface area (Å²) in [4.78, 5) is 15.1. The normalized spacial score (nSPS) is 11.3. The summed E-state index contributed by atoms with van der Waals surface area (Å²) >= 11 is 3.47. The molecule has 3 nitrogen and oxygen atoms in total. The molecule has 0 spiro atoms. The highest BCUT2D eigenvalue weighted by atomic mass is 79.9. The maximum absolute atomic E-state index is 13.0. The lowest BCUT2D eigenvalue weighted by molar-refractivity contribution is 0.0964. The third-order valence-corrected chi connectivity index (χ3v) is 4.64. The minimum absolute atomic E-state index is 0.00946. The van der Waals surface area contributed by atoms with Crippen molar-refractivity contribution in [2.45, 2.75) is 6.42 Å². The number of benzene rings is 2. The fraction of sp³-hybridized carbons (Fsp3) is 0.211. The molecule has 1 aromatic heterocycles. The van der Waals surface area contributed by atoms with Gasteiger partial charge in [0.2, 0.25) is 0 Å². The van der Waals surface area contributed by atoms with Crippen LogP contribution in [0.2, 0.25) is 0 Å². The molecule has 0 fully saturated rings. The molecule has 2 aromatic carbocycles. The highest BCUT2D eigenvalue weighted by molar-refractivity contribution is 9.10. The van der Waals surface area contributed by atoms with Gasteiger partial charge in [-0.15, -0.1) is 0 Å². The van der Waals surface area contributed by atoms with E-state index in [1.165, 1.54) is 5.56 Å². The van der Waals surface area contributed by atoms with Gasteiger partial charge < -0.3 is 4.90 Å². The fourth-order valence-electron chi connectivity index (χ4n) is 2.73. The van der Waals surface area contributed by atoms with E-state index in [-0.39, 0.29) is 5.91 Å².